The third-order valence-corrected chi connectivity index (χ3v) is 3.52. The van der Waals surface area contributed by atoms with Gasteiger partial charge in [0.05, 0.1) is 19.6 Å². The minimum atomic E-state index is -1.77. The Labute approximate surface area is 158 Å². The summed E-state index contributed by atoms with van der Waals surface area (Å²) in [5.41, 5.74) is 5.29. The molecule has 9 N–H and O–H groups in total. The van der Waals surface area contributed by atoms with Crippen LogP contribution in [-0.4, -0.2) is 93.2 Å². The maximum Gasteiger partial charge on any atom is 0.326 e. The number of carbonyl (C=O) groups is 5. The molecule has 0 saturated heterocycles. The van der Waals surface area contributed by atoms with E-state index in [-0.39, 0.29) is 5.75 Å². The topological polar surface area (TPSA) is 228 Å². The molecule has 4 unspecified atom stereocenters. The molecule has 0 aromatic heterocycles. The summed E-state index contributed by atoms with van der Waals surface area (Å²) in [6, 6.07) is -5.94. The predicted molar refractivity (Wildman–Crippen MR) is 91.7 cm³/mol. The molecule has 154 valence electrons. The second kappa shape index (κ2) is 12.1. The zero-order valence-corrected chi connectivity index (χ0v) is 14.9. The SMILES string of the molecule is NC(CO)C(=O)NC(CS)C(=O)NC(CO)C(=O)NC(CC(=O)O)C(=O)O. The number of rotatable bonds is 12. The number of aliphatic carboxylic acids is 2. The molecule has 13 nitrogen and oxygen atoms in total. The highest BCUT2D eigenvalue weighted by Crippen LogP contribution is 1.97. The van der Waals surface area contributed by atoms with Gasteiger partial charge < -0.3 is 42.1 Å². The predicted octanol–water partition coefficient (Wildman–Crippen LogP) is -4.76. The Bertz CT molecular complexity index is 574. The van der Waals surface area contributed by atoms with Gasteiger partial charge in [-0.25, -0.2) is 4.79 Å². The Morgan fingerprint density at radius 1 is 0.815 bits per heavy atom. The van der Waals surface area contributed by atoms with Crippen molar-refractivity contribution in [3.63, 3.8) is 0 Å². The number of nitrogens with two attached hydrogens (primary N) is 1. The van der Waals surface area contributed by atoms with Crippen LogP contribution in [0.3, 0.4) is 0 Å². The van der Waals surface area contributed by atoms with E-state index in [9.17, 15) is 29.1 Å². The molecule has 0 aromatic rings. The molecular weight excluding hydrogens is 388 g/mol. The van der Waals surface area contributed by atoms with E-state index in [2.05, 4.69) is 23.3 Å². The average Bonchev–Trinajstić information content (AvgIpc) is 2.61. The molecule has 0 rings (SSSR count). The van der Waals surface area contributed by atoms with Crippen LogP contribution in [-0.2, 0) is 24.0 Å². The van der Waals surface area contributed by atoms with Crippen LogP contribution in [0.25, 0.3) is 0 Å². The van der Waals surface area contributed by atoms with Gasteiger partial charge in [0, 0.05) is 5.75 Å². The number of carbonyl (C=O) groups excluding carboxylic acids is 3. The number of thiol groups is 1. The van der Waals surface area contributed by atoms with Crippen LogP contribution in [0.5, 0.6) is 0 Å². The maximum atomic E-state index is 12.1. The smallest absolute Gasteiger partial charge is 0.326 e. The molecule has 4 atom stereocenters. The van der Waals surface area contributed by atoms with Crippen LogP contribution in [0.2, 0.25) is 0 Å². The lowest BCUT2D eigenvalue weighted by molar-refractivity contribution is -0.147. The second-order valence-electron chi connectivity index (χ2n) is 5.27. The Hall–Kier alpha value is -2.42. The van der Waals surface area contributed by atoms with Crippen LogP contribution in [0.1, 0.15) is 6.42 Å². The maximum absolute atomic E-state index is 12.1. The molecule has 0 aliphatic carbocycles. The van der Waals surface area contributed by atoms with Crippen molar-refractivity contribution in [3.8, 4) is 0 Å². The van der Waals surface area contributed by atoms with E-state index < -0.39 is 73.5 Å². The minimum Gasteiger partial charge on any atom is -0.481 e. The number of amides is 3. The number of hydrogen-bond donors (Lipinski definition) is 9. The normalized spacial score (nSPS) is 15.0. The fourth-order valence-electron chi connectivity index (χ4n) is 1.67. The zero-order chi connectivity index (χ0) is 21.1. The highest BCUT2D eigenvalue weighted by molar-refractivity contribution is 7.80. The van der Waals surface area contributed by atoms with Crippen molar-refractivity contribution in [3.05, 3.63) is 0 Å². The number of nitrogens with one attached hydrogen (secondary N) is 3. The lowest BCUT2D eigenvalue weighted by Crippen LogP contribution is -2.59. The first-order chi connectivity index (χ1) is 12.6. The molecule has 0 aromatic carbocycles. The van der Waals surface area contributed by atoms with Crippen molar-refractivity contribution in [2.75, 3.05) is 19.0 Å². The molecule has 0 aliphatic heterocycles. The quantitative estimate of drug-likeness (QED) is 0.139. The van der Waals surface area contributed by atoms with Gasteiger partial charge in [-0.15, -0.1) is 0 Å². The van der Waals surface area contributed by atoms with Crippen molar-refractivity contribution in [2.24, 2.45) is 5.73 Å². The molecule has 3 amide bonds. The molecule has 0 spiro atoms. The largest absolute Gasteiger partial charge is 0.481 e. The van der Waals surface area contributed by atoms with E-state index in [1.807, 2.05) is 5.32 Å². The highest BCUT2D eigenvalue weighted by atomic mass is 32.1. The fourth-order valence-corrected chi connectivity index (χ4v) is 1.93. The van der Waals surface area contributed by atoms with Crippen molar-refractivity contribution < 1.29 is 44.4 Å². The van der Waals surface area contributed by atoms with Gasteiger partial charge in [-0.1, -0.05) is 0 Å². The lowest BCUT2D eigenvalue weighted by atomic mass is 10.1. The summed E-state index contributed by atoms with van der Waals surface area (Å²) in [6.45, 7) is -1.60. The summed E-state index contributed by atoms with van der Waals surface area (Å²) in [5.74, 6) is -6.26. The Balaban J connectivity index is 4.98. The minimum absolute atomic E-state index is 0.216. The Kier molecular flexibility index (Phi) is 11.0. The van der Waals surface area contributed by atoms with Gasteiger partial charge in [0.25, 0.3) is 0 Å². The van der Waals surface area contributed by atoms with E-state index in [0.29, 0.717) is 0 Å². The van der Waals surface area contributed by atoms with Gasteiger partial charge in [-0.05, 0) is 0 Å². The lowest BCUT2D eigenvalue weighted by Gasteiger charge is -2.23. The highest BCUT2D eigenvalue weighted by Gasteiger charge is 2.30. The van der Waals surface area contributed by atoms with E-state index in [1.165, 1.54) is 0 Å². The number of aliphatic hydroxyl groups is 2. The number of carboxylic acid groups (broad SMARTS) is 2. The average molecular weight is 410 g/mol. The standard InChI is InChI=1S/C13H22N4O9S/c14-5(2-18)10(22)17-8(4-27)12(24)16-7(3-19)11(23)15-6(13(25)26)1-9(20)21/h5-8,18-19,27H,1-4,14H2,(H,15,23)(H,16,24)(H,17,22)(H,20,21)(H,25,26). The van der Waals surface area contributed by atoms with Crippen LogP contribution in [0.15, 0.2) is 0 Å². The van der Waals surface area contributed by atoms with Gasteiger partial charge in [0.2, 0.25) is 17.7 Å². The number of carboxylic acids is 2. The first-order valence-electron chi connectivity index (χ1n) is 7.51. The summed E-state index contributed by atoms with van der Waals surface area (Å²) >= 11 is 3.87. The molecule has 0 aliphatic rings. The Morgan fingerprint density at radius 3 is 1.70 bits per heavy atom. The number of aliphatic hydroxyl groups excluding tert-OH is 2. The molecule has 0 bridgehead atoms. The van der Waals surface area contributed by atoms with Gasteiger partial charge >= 0.3 is 11.9 Å². The van der Waals surface area contributed by atoms with Crippen LogP contribution < -0.4 is 21.7 Å². The summed E-state index contributed by atoms with van der Waals surface area (Å²) in [7, 11) is 0. The summed E-state index contributed by atoms with van der Waals surface area (Å²) in [6.07, 6.45) is -0.915. The number of hydrogen-bond acceptors (Lipinski definition) is 9. The summed E-state index contributed by atoms with van der Waals surface area (Å²) in [5, 5.41) is 41.7. The summed E-state index contributed by atoms with van der Waals surface area (Å²) < 4.78 is 0. The third kappa shape index (κ3) is 8.67. The molecule has 0 heterocycles. The van der Waals surface area contributed by atoms with Crippen molar-refractivity contribution >= 4 is 42.3 Å². The van der Waals surface area contributed by atoms with Gasteiger partial charge in [-0.3, -0.25) is 19.2 Å². The monoisotopic (exact) mass is 410 g/mol. The molecule has 0 radical (unpaired) electrons. The first kappa shape index (κ1) is 24.6. The van der Waals surface area contributed by atoms with Crippen molar-refractivity contribution in [1.29, 1.82) is 0 Å². The van der Waals surface area contributed by atoms with Crippen LogP contribution >= 0.6 is 12.6 Å². The van der Waals surface area contributed by atoms with E-state index in [4.69, 9.17) is 21.1 Å². The van der Waals surface area contributed by atoms with Crippen LogP contribution in [0.4, 0.5) is 0 Å². The van der Waals surface area contributed by atoms with E-state index in [0.717, 1.165) is 0 Å². The Morgan fingerprint density at radius 2 is 1.30 bits per heavy atom. The third-order valence-electron chi connectivity index (χ3n) is 3.16. The molecule has 14 heteroatoms. The summed E-state index contributed by atoms with van der Waals surface area (Å²) in [4.78, 5) is 57.3. The first-order valence-corrected chi connectivity index (χ1v) is 8.14. The second-order valence-corrected chi connectivity index (χ2v) is 5.64. The fraction of sp³-hybridized carbons (Fsp3) is 0.615. The molecule has 27 heavy (non-hydrogen) atoms. The molecular formula is C13H22N4O9S. The molecule has 0 saturated carbocycles. The van der Waals surface area contributed by atoms with E-state index >= 15 is 0 Å². The van der Waals surface area contributed by atoms with Gasteiger partial charge in [-0.2, -0.15) is 12.6 Å². The van der Waals surface area contributed by atoms with Gasteiger partial charge in [0.15, 0.2) is 0 Å². The zero-order valence-electron chi connectivity index (χ0n) is 14.0. The van der Waals surface area contributed by atoms with Crippen molar-refractivity contribution in [1.82, 2.24) is 16.0 Å². The van der Waals surface area contributed by atoms with Gasteiger partial charge in [0.1, 0.15) is 24.2 Å². The van der Waals surface area contributed by atoms with Crippen molar-refractivity contribution in [2.45, 2.75) is 30.6 Å². The van der Waals surface area contributed by atoms with Crippen LogP contribution in [0, 0.1) is 0 Å². The molecule has 0 fully saturated rings. The van der Waals surface area contributed by atoms with E-state index in [1.54, 1.807) is 0 Å².